The molecule has 1 unspecified atom stereocenters. The van der Waals surface area contributed by atoms with Crippen molar-refractivity contribution in [1.29, 1.82) is 0 Å². The molecule has 0 aromatic heterocycles. The molecule has 0 spiro atoms. The van der Waals surface area contributed by atoms with E-state index >= 15 is 0 Å². The highest BCUT2D eigenvalue weighted by Gasteiger charge is 2.33. The van der Waals surface area contributed by atoms with Crippen LogP contribution in [0.4, 0.5) is 0 Å². The maximum atomic E-state index is 6.01. The van der Waals surface area contributed by atoms with Crippen LogP contribution in [-0.4, -0.2) is 5.54 Å². The molecule has 0 aromatic rings. The van der Waals surface area contributed by atoms with E-state index in [1.54, 1.807) is 0 Å². The normalized spacial score (nSPS) is 23.9. The lowest BCUT2D eigenvalue weighted by molar-refractivity contribution is 0.180. The summed E-state index contributed by atoms with van der Waals surface area (Å²) in [6.07, 6.45) is 6.89. The maximum absolute atomic E-state index is 6.01. The van der Waals surface area contributed by atoms with Crippen molar-refractivity contribution in [3.8, 4) is 0 Å². The molecule has 0 saturated carbocycles. The molecular weight excluding hydrogens is 146 g/mol. The van der Waals surface area contributed by atoms with Crippen LogP contribution in [0.3, 0.4) is 0 Å². The van der Waals surface area contributed by atoms with Crippen LogP contribution in [0.1, 0.15) is 40.5 Å². The third-order valence-electron chi connectivity index (χ3n) is 2.67. The summed E-state index contributed by atoms with van der Waals surface area (Å²) in [5, 5.41) is 0. The Kier molecular flexibility index (Phi) is 2.35. The Morgan fingerprint density at radius 2 is 1.83 bits per heavy atom. The van der Waals surface area contributed by atoms with Crippen molar-refractivity contribution >= 4 is 0 Å². The minimum Gasteiger partial charge on any atom is -0.326 e. The van der Waals surface area contributed by atoms with Crippen molar-refractivity contribution in [1.82, 2.24) is 0 Å². The average molecular weight is 167 g/mol. The molecule has 0 aromatic carbocycles. The van der Waals surface area contributed by atoms with Crippen LogP contribution in [0.2, 0.25) is 0 Å². The summed E-state index contributed by atoms with van der Waals surface area (Å²) in [5.74, 6) is 0.750. The van der Waals surface area contributed by atoms with Gasteiger partial charge < -0.3 is 5.73 Å². The SMILES string of the molecule is CC(C)(N)CC(C)(C)C1C=CC1. The Balaban J connectivity index is 2.54. The van der Waals surface area contributed by atoms with Gasteiger partial charge in [-0.3, -0.25) is 0 Å². The number of rotatable bonds is 3. The molecule has 1 heteroatoms. The summed E-state index contributed by atoms with van der Waals surface area (Å²) < 4.78 is 0. The highest BCUT2D eigenvalue weighted by molar-refractivity contribution is 5.08. The minimum atomic E-state index is -0.0348. The molecule has 12 heavy (non-hydrogen) atoms. The third kappa shape index (κ3) is 2.34. The fraction of sp³-hybridized carbons (Fsp3) is 0.818. The highest BCUT2D eigenvalue weighted by Crippen LogP contribution is 2.41. The standard InChI is InChI=1S/C11H21N/c1-10(2,8-11(3,4)12)9-6-5-7-9/h5-6,9H,7-8,12H2,1-4H3. The van der Waals surface area contributed by atoms with E-state index in [-0.39, 0.29) is 5.54 Å². The van der Waals surface area contributed by atoms with Crippen LogP contribution in [0.25, 0.3) is 0 Å². The smallest absolute Gasteiger partial charge is 0.0102 e. The van der Waals surface area contributed by atoms with Gasteiger partial charge in [-0.2, -0.15) is 0 Å². The molecule has 0 radical (unpaired) electrons. The predicted octanol–water partition coefficient (Wildman–Crippen LogP) is 2.72. The Labute approximate surface area is 76.0 Å². The third-order valence-corrected chi connectivity index (χ3v) is 2.67. The summed E-state index contributed by atoms with van der Waals surface area (Å²) in [5.41, 5.74) is 6.35. The lowest BCUT2D eigenvalue weighted by Crippen LogP contribution is -2.40. The number of nitrogens with two attached hydrogens (primary N) is 1. The first kappa shape index (κ1) is 9.79. The first-order valence-corrected chi connectivity index (χ1v) is 4.77. The first-order chi connectivity index (χ1) is 5.31. The van der Waals surface area contributed by atoms with E-state index in [1.165, 1.54) is 6.42 Å². The molecule has 0 fully saturated rings. The second-order valence-corrected chi connectivity index (χ2v) is 5.42. The minimum absolute atomic E-state index is 0.0348. The Bertz CT molecular complexity index is 184. The quantitative estimate of drug-likeness (QED) is 0.643. The van der Waals surface area contributed by atoms with E-state index in [9.17, 15) is 0 Å². The van der Waals surface area contributed by atoms with Gasteiger partial charge in [0.25, 0.3) is 0 Å². The molecule has 1 rings (SSSR count). The zero-order valence-corrected chi connectivity index (χ0v) is 8.72. The fourth-order valence-electron chi connectivity index (χ4n) is 2.16. The van der Waals surface area contributed by atoms with Crippen LogP contribution in [-0.2, 0) is 0 Å². The van der Waals surface area contributed by atoms with Crippen LogP contribution in [0, 0.1) is 11.3 Å². The maximum Gasteiger partial charge on any atom is 0.0102 e. The molecular formula is C11H21N. The van der Waals surface area contributed by atoms with E-state index in [4.69, 9.17) is 5.73 Å². The van der Waals surface area contributed by atoms with Gasteiger partial charge in [-0.15, -0.1) is 0 Å². The van der Waals surface area contributed by atoms with Crippen LogP contribution < -0.4 is 5.73 Å². The van der Waals surface area contributed by atoms with Crippen molar-refractivity contribution < 1.29 is 0 Å². The molecule has 70 valence electrons. The molecule has 0 heterocycles. The van der Waals surface area contributed by atoms with E-state index in [0.717, 1.165) is 12.3 Å². The second kappa shape index (κ2) is 2.88. The summed E-state index contributed by atoms with van der Waals surface area (Å²) in [6, 6.07) is 0. The van der Waals surface area contributed by atoms with Gasteiger partial charge in [0.2, 0.25) is 0 Å². The van der Waals surface area contributed by atoms with E-state index in [0.29, 0.717) is 5.41 Å². The van der Waals surface area contributed by atoms with Gasteiger partial charge in [0.15, 0.2) is 0 Å². The van der Waals surface area contributed by atoms with E-state index in [2.05, 4.69) is 39.8 Å². The zero-order valence-electron chi connectivity index (χ0n) is 8.72. The van der Waals surface area contributed by atoms with Gasteiger partial charge in [-0.05, 0) is 38.0 Å². The summed E-state index contributed by atoms with van der Waals surface area (Å²) in [4.78, 5) is 0. The number of hydrogen-bond acceptors (Lipinski definition) is 1. The van der Waals surface area contributed by atoms with E-state index < -0.39 is 0 Å². The van der Waals surface area contributed by atoms with Crippen LogP contribution in [0.15, 0.2) is 12.2 Å². The molecule has 0 bridgehead atoms. The van der Waals surface area contributed by atoms with E-state index in [1.807, 2.05) is 0 Å². The summed E-state index contributed by atoms with van der Waals surface area (Å²) in [7, 11) is 0. The average Bonchev–Trinajstić information content (AvgIpc) is 1.45. The molecule has 0 aliphatic heterocycles. The Morgan fingerprint density at radius 3 is 2.08 bits per heavy atom. The second-order valence-electron chi connectivity index (χ2n) is 5.42. The Hall–Kier alpha value is -0.300. The van der Waals surface area contributed by atoms with Gasteiger partial charge in [0, 0.05) is 5.54 Å². The molecule has 1 aliphatic carbocycles. The zero-order chi connectivity index (χ0) is 9.41. The molecule has 2 N–H and O–H groups in total. The molecule has 0 amide bonds. The topological polar surface area (TPSA) is 26.0 Å². The first-order valence-electron chi connectivity index (χ1n) is 4.77. The van der Waals surface area contributed by atoms with Gasteiger partial charge >= 0.3 is 0 Å². The molecule has 1 aliphatic rings. The van der Waals surface area contributed by atoms with Crippen molar-refractivity contribution in [3.63, 3.8) is 0 Å². The predicted molar refractivity (Wildman–Crippen MR) is 53.9 cm³/mol. The lowest BCUT2D eigenvalue weighted by Gasteiger charge is -2.40. The molecule has 1 atom stereocenters. The lowest BCUT2D eigenvalue weighted by atomic mass is 9.67. The van der Waals surface area contributed by atoms with Gasteiger partial charge in [-0.25, -0.2) is 0 Å². The monoisotopic (exact) mass is 167 g/mol. The molecule has 0 saturated heterocycles. The van der Waals surface area contributed by atoms with Crippen LogP contribution >= 0.6 is 0 Å². The number of hydrogen-bond donors (Lipinski definition) is 1. The largest absolute Gasteiger partial charge is 0.326 e. The Morgan fingerprint density at radius 1 is 1.33 bits per heavy atom. The van der Waals surface area contributed by atoms with Gasteiger partial charge in [0.1, 0.15) is 0 Å². The van der Waals surface area contributed by atoms with Crippen molar-refractivity contribution in [2.75, 3.05) is 0 Å². The van der Waals surface area contributed by atoms with Crippen molar-refractivity contribution in [2.45, 2.75) is 46.1 Å². The summed E-state index contributed by atoms with van der Waals surface area (Å²) >= 11 is 0. The van der Waals surface area contributed by atoms with Crippen LogP contribution in [0.5, 0.6) is 0 Å². The fourth-order valence-corrected chi connectivity index (χ4v) is 2.16. The van der Waals surface area contributed by atoms with Gasteiger partial charge in [-0.1, -0.05) is 26.0 Å². The highest BCUT2D eigenvalue weighted by atomic mass is 14.7. The molecule has 1 nitrogen and oxygen atoms in total. The number of allylic oxidation sites excluding steroid dienone is 2. The van der Waals surface area contributed by atoms with Crippen molar-refractivity contribution in [2.24, 2.45) is 17.1 Å². The van der Waals surface area contributed by atoms with Gasteiger partial charge in [0.05, 0.1) is 0 Å². The van der Waals surface area contributed by atoms with Crippen molar-refractivity contribution in [3.05, 3.63) is 12.2 Å². The summed E-state index contributed by atoms with van der Waals surface area (Å²) in [6.45, 7) is 8.85.